The molecule has 0 saturated heterocycles. The fraction of sp³-hybridized carbons (Fsp3) is 0.545. The molecule has 2 aromatic rings. The second-order valence-electron chi connectivity index (χ2n) is 9.21. The van der Waals surface area contributed by atoms with Gasteiger partial charge in [0.2, 0.25) is 0 Å². The van der Waals surface area contributed by atoms with Gasteiger partial charge in [0, 0.05) is 24.5 Å². The molecule has 0 bridgehead atoms. The maximum absolute atomic E-state index is 12.8. The van der Waals surface area contributed by atoms with Crippen LogP contribution < -0.4 is 16.8 Å². The minimum absolute atomic E-state index is 0.00381. The molecule has 1 aromatic heterocycles. The molecule has 9 nitrogen and oxygen atoms in total. The Balaban J connectivity index is 1.78. The van der Waals surface area contributed by atoms with Crippen molar-refractivity contribution >= 4 is 27.2 Å². The van der Waals surface area contributed by atoms with E-state index in [-0.39, 0.29) is 48.2 Å². The largest absolute Gasteiger partial charge is 0.501 e. The third kappa shape index (κ3) is 6.77. The summed E-state index contributed by atoms with van der Waals surface area (Å²) in [6, 6.07) is 3.33. The summed E-state index contributed by atoms with van der Waals surface area (Å²) in [7, 11) is -3.89. The lowest BCUT2D eigenvalue weighted by molar-refractivity contribution is -0.138. The first-order valence-electron chi connectivity index (χ1n) is 11.6. The quantitative estimate of drug-likeness (QED) is 0.392. The highest BCUT2D eigenvalue weighted by Crippen LogP contribution is 2.37. The second-order valence-corrected chi connectivity index (χ2v) is 11.2. The van der Waals surface area contributed by atoms with Gasteiger partial charge >= 0.3 is 11.7 Å². The van der Waals surface area contributed by atoms with Gasteiger partial charge in [-0.3, -0.25) is 9.48 Å². The van der Waals surface area contributed by atoms with Gasteiger partial charge < -0.3 is 21.7 Å². The Bertz CT molecular complexity index is 1230. The summed E-state index contributed by atoms with van der Waals surface area (Å²) in [4.78, 5) is 12.8. The maximum Gasteiger partial charge on any atom is 0.501 e. The van der Waals surface area contributed by atoms with E-state index in [0.29, 0.717) is 19.3 Å². The van der Waals surface area contributed by atoms with Crippen LogP contribution in [0, 0.1) is 5.92 Å². The number of nitrogens with zero attached hydrogens (tertiary/aromatic N) is 3. The number of nitrogens with one attached hydrogen (secondary N) is 1. The normalized spacial score (nSPS) is 21.0. The Labute approximate surface area is 215 Å². The van der Waals surface area contributed by atoms with Crippen molar-refractivity contribution in [3.05, 3.63) is 36.0 Å². The Morgan fingerprint density at radius 2 is 1.79 bits per heavy atom. The molecular formula is C22H28F6N6O3S. The van der Waals surface area contributed by atoms with Crippen LogP contribution in [-0.4, -0.2) is 66.9 Å². The Morgan fingerprint density at radius 3 is 2.32 bits per heavy atom. The van der Waals surface area contributed by atoms with Gasteiger partial charge in [0.1, 0.15) is 5.56 Å². The number of rotatable bonds is 9. The molecule has 0 aliphatic heterocycles. The number of aromatic nitrogens is 2. The van der Waals surface area contributed by atoms with Gasteiger partial charge in [-0.2, -0.15) is 31.4 Å². The molecule has 1 aliphatic rings. The van der Waals surface area contributed by atoms with Crippen LogP contribution >= 0.6 is 0 Å². The average molecular weight is 571 g/mol. The van der Waals surface area contributed by atoms with Crippen molar-refractivity contribution in [3.63, 3.8) is 0 Å². The summed E-state index contributed by atoms with van der Waals surface area (Å²) in [5.41, 5.74) is 6.13. The number of carbonyl (C=O) groups excluding carboxylic acids is 1. The predicted octanol–water partition coefficient (Wildman–Crippen LogP) is 3.57. The van der Waals surface area contributed by atoms with E-state index >= 15 is 0 Å². The molecular weight excluding hydrogens is 542 g/mol. The van der Waals surface area contributed by atoms with E-state index in [1.54, 1.807) is 11.9 Å². The number of hydrogen-bond donors (Lipinski definition) is 3. The molecule has 1 amide bonds. The first-order chi connectivity index (χ1) is 17.5. The molecule has 1 aliphatic carbocycles. The summed E-state index contributed by atoms with van der Waals surface area (Å²) in [6.45, 7) is 0.0821. The number of alkyl halides is 6. The molecule has 1 fully saturated rings. The van der Waals surface area contributed by atoms with Crippen LogP contribution in [0.15, 0.2) is 35.4 Å². The van der Waals surface area contributed by atoms with Crippen molar-refractivity contribution in [2.45, 2.75) is 54.3 Å². The lowest BCUT2D eigenvalue weighted by atomic mass is 9.81. The molecule has 1 aromatic carbocycles. The van der Waals surface area contributed by atoms with E-state index in [9.17, 15) is 39.6 Å². The van der Waals surface area contributed by atoms with Crippen molar-refractivity contribution in [2.75, 3.05) is 25.5 Å². The minimum Gasteiger partial charge on any atom is -0.365 e. The molecule has 3 rings (SSSR count). The van der Waals surface area contributed by atoms with E-state index < -0.39 is 38.7 Å². The molecule has 0 unspecified atom stereocenters. The summed E-state index contributed by atoms with van der Waals surface area (Å²) in [5, 5.41) is 7.15. The van der Waals surface area contributed by atoms with Crippen LogP contribution in [0.25, 0.3) is 0 Å². The van der Waals surface area contributed by atoms with Gasteiger partial charge in [-0.1, -0.05) is 0 Å². The standard InChI is InChI=1S/C22H28F6N6O3S/c1-33(9-8-21(23,24)25)15-4-7-18(13(10-15)11-29)34-12-17(19(30)35)20(32-34)31-14-2-5-16(6-3-14)38(36,37)22(26,27)28/h2-3,5-6,12-13,15,18H,4,7-11,29H2,1H3,(H2,30,35)(H,31,32)/t13-,15-,18+/m1/s1. The molecule has 1 saturated carbocycles. The number of carbonyl (C=O) groups is 1. The highest BCUT2D eigenvalue weighted by atomic mass is 32.2. The Morgan fingerprint density at radius 1 is 1.16 bits per heavy atom. The van der Waals surface area contributed by atoms with Gasteiger partial charge in [0.25, 0.3) is 15.7 Å². The van der Waals surface area contributed by atoms with Gasteiger partial charge in [0.15, 0.2) is 5.82 Å². The van der Waals surface area contributed by atoms with Gasteiger partial charge in [0.05, 0.1) is 17.4 Å². The van der Waals surface area contributed by atoms with Crippen LogP contribution in [-0.2, 0) is 9.84 Å². The minimum atomic E-state index is -5.52. The number of sulfone groups is 1. The topological polar surface area (TPSA) is 136 Å². The molecule has 38 heavy (non-hydrogen) atoms. The average Bonchev–Trinajstić information content (AvgIpc) is 3.25. The van der Waals surface area contributed by atoms with Crippen LogP contribution in [0.3, 0.4) is 0 Å². The van der Waals surface area contributed by atoms with Crippen LogP contribution in [0.2, 0.25) is 0 Å². The third-order valence-electron chi connectivity index (χ3n) is 6.66. The molecule has 5 N–H and O–H groups in total. The van der Waals surface area contributed by atoms with E-state index in [1.165, 1.54) is 10.9 Å². The number of amides is 1. The molecule has 0 radical (unpaired) electrons. The lowest BCUT2D eigenvalue weighted by Crippen LogP contribution is -2.43. The maximum atomic E-state index is 12.8. The van der Waals surface area contributed by atoms with E-state index in [1.807, 2.05) is 0 Å². The van der Waals surface area contributed by atoms with Crippen LogP contribution in [0.1, 0.15) is 42.1 Å². The fourth-order valence-electron chi connectivity index (χ4n) is 4.53. The monoisotopic (exact) mass is 570 g/mol. The molecule has 212 valence electrons. The zero-order valence-electron chi connectivity index (χ0n) is 20.3. The predicted molar refractivity (Wildman–Crippen MR) is 126 cm³/mol. The van der Waals surface area contributed by atoms with Gasteiger partial charge in [-0.05, 0) is 63.0 Å². The van der Waals surface area contributed by atoms with Crippen molar-refractivity contribution in [3.8, 4) is 0 Å². The highest BCUT2D eigenvalue weighted by molar-refractivity contribution is 7.92. The summed E-state index contributed by atoms with van der Waals surface area (Å²) < 4.78 is 101. The van der Waals surface area contributed by atoms with Crippen molar-refractivity contribution in [1.82, 2.24) is 14.7 Å². The van der Waals surface area contributed by atoms with Gasteiger partial charge in [-0.15, -0.1) is 0 Å². The molecule has 3 atom stereocenters. The number of halogens is 6. The fourth-order valence-corrected chi connectivity index (χ4v) is 5.29. The molecule has 16 heteroatoms. The lowest BCUT2D eigenvalue weighted by Gasteiger charge is -2.39. The number of hydrogen-bond acceptors (Lipinski definition) is 7. The number of benzene rings is 1. The van der Waals surface area contributed by atoms with Crippen molar-refractivity contribution < 1.29 is 39.6 Å². The molecule has 1 heterocycles. The van der Waals surface area contributed by atoms with E-state index in [4.69, 9.17) is 11.5 Å². The Kier molecular flexibility index (Phi) is 8.67. The number of primary amides is 1. The summed E-state index contributed by atoms with van der Waals surface area (Å²) in [5.74, 6) is -0.994. The molecule has 0 spiro atoms. The zero-order chi connectivity index (χ0) is 28.5. The summed E-state index contributed by atoms with van der Waals surface area (Å²) in [6.07, 6.45) is -2.16. The number of nitrogens with two attached hydrogens (primary N) is 2. The Hall–Kier alpha value is -2.85. The summed E-state index contributed by atoms with van der Waals surface area (Å²) >= 11 is 0. The van der Waals surface area contributed by atoms with Crippen molar-refractivity contribution in [1.29, 1.82) is 0 Å². The van der Waals surface area contributed by atoms with E-state index in [2.05, 4.69) is 10.4 Å². The van der Waals surface area contributed by atoms with Gasteiger partial charge in [-0.25, -0.2) is 8.42 Å². The van der Waals surface area contributed by atoms with E-state index in [0.717, 1.165) is 24.3 Å². The third-order valence-corrected chi connectivity index (χ3v) is 8.16. The first kappa shape index (κ1) is 29.7. The van der Waals surface area contributed by atoms with Crippen LogP contribution in [0.5, 0.6) is 0 Å². The smallest absolute Gasteiger partial charge is 0.365 e. The number of anilines is 2. The second kappa shape index (κ2) is 11.1. The van der Waals surface area contributed by atoms with Crippen molar-refractivity contribution in [2.24, 2.45) is 17.4 Å². The zero-order valence-corrected chi connectivity index (χ0v) is 21.1. The van der Waals surface area contributed by atoms with Crippen LogP contribution in [0.4, 0.5) is 37.8 Å². The SMILES string of the molecule is CN(CCC(F)(F)F)[C@@H]1CC[C@H](n2cc(C(N)=O)c(Nc3ccc(S(=O)(=O)C(F)(F)F)cc3)n2)[C@@H](CN)C1. The highest BCUT2D eigenvalue weighted by Gasteiger charge is 2.46. The first-order valence-corrected chi connectivity index (χ1v) is 13.1.